The minimum absolute atomic E-state index is 0.274. The zero-order valence-electron chi connectivity index (χ0n) is 13.2. The fourth-order valence-corrected chi connectivity index (χ4v) is 4.45. The number of ether oxygens (including phenoxy) is 1. The first kappa shape index (κ1) is 15.5. The summed E-state index contributed by atoms with van der Waals surface area (Å²) < 4.78 is 32.6. The second-order valence-electron chi connectivity index (χ2n) is 6.86. The van der Waals surface area contributed by atoms with Crippen LogP contribution in [0.25, 0.3) is 0 Å². The summed E-state index contributed by atoms with van der Waals surface area (Å²) in [5, 5.41) is 0. The second kappa shape index (κ2) is 6.39. The van der Waals surface area contributed by atoms with Gasteiger partial charge >= 0.3 is 0 Å². The molecule has 2 aliphatic rings. The summed E-state index contributed by atoms with van der Waals surface area (Å²) in [5.74, 6) is 0.947. The van der Waals surface area contributed by atoms with Crippen molar-refractivity contribution in [2.45, 2.75) is 44.4 Å². The van der Waals surface area contributed by atoms with Crippen molar-refractivity contribution in [3.8, 4) is 5.75 Å². The molecule has 4 atom stereocenters. The van der Waals surface area contributed by atoms with Gasteiger partial charge in [0.05, 0.1) is 7.11 Å². The van der Waals surface area contributed by atoms with E-state index < -0.39 is 11.6 Å². The molecule has 1 aromatic rings. The Morgan fingerprint density at radius 3 is 2.32 bits per heavy atom. The largest absolute Gasteiger partial charge is 0.491 e. The van der Waals surface area contributed by atoms with Gasteiger partial charge < -0.3 is 4.74 Å². The Labute approximate surface area is 131 Å². The molecule has 3 heteroatoms. The minimum Gasteiger partial charge on any atom is -0.491 e. The molecule has 0 N–H and O–H groups in total. The summed E-state index contributed by atoms with van der Waals surface area (Å²) in [5.41, 5.74) is 0.792. The van der Waals surface area contributed by atoms with E-state index >= 15 is 0 Å². The van der Waals surface area contributed by atoms with Crippen LogP contribution in [0.2, 0.25) is 0 Å². The van der Waals surface area contributed by atoms with Gasteiger partial charge in [0.25, 0.3) is 0 Å². The van der Waals surface area contributed by atoms with E-state index in [1.54, 1.807) is 0 Å². The molecule has 1 aromatic carbocycles. The van der Waals surface area contributed by atoms with Crippen LogP contribution >= 0.6 is 0 Å². The zero-order chi connectivity index (χ0) is 15.7. The van der Waals surface area contributed by atoms with Gasteiger partial charge in [0.15, 0.2) is 17.4 Å². The van der Waals surface area contributed by atoms with Crippen LogP contribution in [0.4, 0.5) is 8.78 Å². The third-order valence-electron chi connectivity index (χ3n) is 5.68. The van der Waals surface area contributed by atoms with E-state index in [0.717, 1.165) is 30.7 Å². The van der Waals surface area contributed by atoms with E-state index in [2.05, 4.69) is 12.7 Å². The summed E-state index contributed by atoms with van der Waals surface area (Å²) in [6.07, 6.45) is 9.01. The van der Waals surface area contributed by atoms with E-state index in [1.807, 2.05) is 0 Å². The zero-order valence-corrected chi connectivity index (χ0v) is 13.2. The molecule has 4 unspecified atom stereocenters. The molecule has 0 amide bonds. The van der Waals surface area contributed by atoms with E-state index in [0.29, 0.717) is 11.8 Å². The third kappa shape index (κ3) is 2.90. The van der Waals surface area contributed by atoms with E-state index in [-0.39, 0.29) is 11.7 Å². The normalized spacial score (nSPS) is 31.4. The van der Waals surface area contributed by atoms with Crippen LogP contribution in [0.1, 0.15) is 50.0 Å². The first-order chi connectivity index (χ1) is 10.6. The lowest BCUT2D eigenvalue weighted by atomic mass is 9.64. The summed E-state index contributed by atoms with van der Waals surface area (Å²) in [6.45, 7) is 3.93. The highest BCUT2D eigenvalue weighted by Gasteiger charge is 2.35. The van der Waals surface area contributed by atoms with Crippen molar-refractivity contribution in [2.75, 3.05) is 7.11 Å². The molecule has 1 nitrogen and oxygen atoms in total. The first-order valence-electron chi connectivity index (χ1n) is 8.27. The molecule has 0 aromatic heterocycles. The molecule has 120 valence electrons. The van der Waals surface area contributed by atoms with Crippen LogP contribution < -0.4 is 4.74 Å². The number of halogens is 2. The Morgan fingerprint density at radius 1 is 1.05 bits per heavy atom. The average Bonchev–Trinajstić information content (AvgIpc) is 2.53. The van der Waals surface area contributed by atoms with Gasteiger partial charge in [0.2, 0.25) is 0 Å². The van der Waals surface area contributed by atoms with Crippen molar-refractivity contribution in [1.82, 2.24) is 0 Å². The van der Waals surface area contributed by atoms with Crippen molar-refractivity contribution in [3.05, 3.63) is 42.0 Å². The van der Waals surface area contributed by atoms with Crippen LogP contribution in [-0.4, -0.2) is 7.11 Å². The number of hydrogen-bond acceptors (Lipinski definition) is 1. The highest BCUT2D eigenvalue weighted by atomic mass is 19.1. The van der Waals surface area contributed by atoms with Crippen molar-refractivity contribution >= 4 is 0 Å². The highest BCUT2D eigenvalue weighted by molar-refractivity contribution is 5.33. The molecule has 0 spiro atoms. The van der Waals surface area contributed by atoms with Crippen molar-refractivity contribution in [2.24, 2.45) is 17.8 Å². The van der Waals surface area contributed by atoms with Crippen molar-refractivity contribution in [1.29, 1.82) is 0 Å². The fourth-order valence-electron chi connectivity index (χ4n) is 4.45. The Bertz CT molecular complexity index is 531. The number of benzene rings is 1. The SMILES string of the molecule is C=CC1CCC2CC(c3cc(F)c(OC)c(F)c3)CCC2C1. The number of fused-ring (bicyclic) bond motifs is 1. The van der Waals surface area contributed by atoms with Crippen molar-refractivity contribution < 1.29 is 13.5 Å². The van der Waals surface area contributed by atoms with Gasteiger partial charge in [-0.2, -0.15) is 0 Å². The third-order valence-corrected chi connectivity index (χ3v) is 5.68. The van der Waals surface area contributed by atoms with E-state index in [1.165, 1.54) is 38.5 Å². The average molecular weight is 306 g/mol. The predicted molar refractivity (Wildman–Crippen MR) is 84.0 cm³/mol. The lowest BCUT2D eigenvalue weighted by molar-refractivity contribution is 0.133. The smallest absolute Gasteiger partial charge is 0.190 e. The maximum atomic E-state index is 13.9. The Morgan fingerprint density at radius 2 is 1.68 bits per heavy atom. The van der Waals surface area contributed by atoms with E-state index in [9.17, 15) is 8.78 Å². The second-order valence-corrected chi connectivity index (χ2v) is 6.86. The lowest BCUT2D eigenvalue weighted by Gasteiger charge is -2.41. The number of allylic oxidation sites excluding steroid dienone is 1. The summed E-state index contributed by atoms with van der Waals surface area (Å²) in [7, 11) is 1.30. The topological polar surface area (TPSA) is 9.23 Å². The van der Waals surface area contributed by atoms with Gasteiger partial charge in [-0.05, 0) is 79.9 Å². The van der Waals surface area contributed by atoms with Gasteiger partial charge in [-0.15, -0.1) is 6.58 Å². The van der Waals surface area contributed by atoms with Gasteiger partial charge in [-0.3, -0.25) is 0 Å². The monoisotopic (exact) mass is 306 g/mol. The molecule has 0 aliphatic heterocycles. The number of rotatable bonds is 3. The molecule has 0 radical (unpaired) electrons. The Hall–Kier alpha value is -1.38. The quantitative estimate of drug-likeness (QED) is 0.674. The van der Waals surface area contributed by atoms with Crippen LogP contribution in [0, 0.1) is 29.4 Å². The molecule has 0 bridgehead atoms. The molecule has 0 saturated heterocycles. The minimum atomic E-state index is -0.588. The van der Waals surface area contributed by atoms with Crippen LogP contribution in [0.3, 0.4) is 0 Å². The maximum Gasteiger partial charge on any atom is 0.190 e. The summed E-state index contributed by atoms with van der Waals surface area (Å²) >= 11 is 0. The molecule has 22 heavy (non-hydrogen) atoms. The Balaban J connectivity index is 1.74. The van der Waals surface area contributed by atoms with Gasteiger partial charge in [-0.1, -0.05) is 6.08 Å². The van der Waals surface area contributed by atoms with E-state index in [4.69, 9.17) is 4.74 Å². The standard InChI is InChI=1S/C19H24F2O/c1-3-12-4-5-14-9-15(7-6-13(14)8-12)16-10-17(20)19(22-2)18(21)11-16/h3,10-15H,1,4-9H2,2H3. The number of methoxy groups -OCH3 is 1. The van der Waals surface area contributed by atoms with Gasteiger partial charge in [-0.25, -0.2) is 8.78 Å². The number of hydrogen-bond donors (Lipinski definition) is 0. The molecular formula is C19H24F2O. The van der Waals surface area contributed by atoms with Crippen molar-refractivity contribution in [3.63, 3.8) is 0 Å². The highest BCUT2D eigenvalue weighted by Crippen LogP contribution is 2.48. The van der Waals surface area contributed by atoms with Crippen LogP contribution in [-0.2, 0) is 0 Å². The molecule has 2 fully saturated rings. The summed E-state index contributed by atoms with van der Waals surface area (Å²) in [6, 6.07) is 2.92. The molecule has 2 aliphatic carbocycles. The van der Waals surface area contributed by atoms with Gasteiger partial charge in [0, 0.05) is 0 Å². The maximum absolute atomic E-state index is 13.9. The van der Waals surface area contributed by atoms with Crippen LogP contribution in [0.5, 0.6) is 5.75 Å². The molecule has 2 saturated carbocycles. The van der Waals surface area contributed by atoms with Gasteiger partial charge in [0.1, 0.15) is 0 Å². The predicted octanol–water partition coefficient (Wildman–Crippen LogP) is 5.46. The fraction of sp³-hybridized carbons (Fsp3) is 0.579. The summed E-state index contributed by atoms with van der Waals surface area (Å²) in [4.78, 5) is 0. The van der Waals surface area contributed by atoms with Crippen LogP contribution in [0.15, 0.2) is 24.8 Å². The Kier molecular flexibility index (Phi) is 4.51. The lowest BCUT2D eigenvalue weighted by Crippen LogP contribution is -2.30. The molecular weight excluding hydrogens is 282 g/mol. The molecule has 0 heterocycles. The first-order valence-corrected chi connectivity index (χ1v) is 8.27. The molecule has 3 rings (SSSR count).